The summed E-state index contributed by atoms with van der Waals surface area (Å²) in [4.78, 5) is 4.73. The minimum absolute atomic E-state index is 0.562. The van der Waals surface area contributed by atoms with Gasteiger partial charge in [-0.2, -0.15) is 5.10 Å². The number of aryl methyl sites for hydroxylation is 2. The van der Waals surface area contributed by atoms with Crippen LogP contribution < -0.4 is 0 Å². The molecule has 1 aliphatic rings. The van der Waals surface area contributed by atoms with E-state index in [1.165, 1.54) is 16.7 Å². The monoisotopic (exact) mass is 342 g/mol. The average Bonchev–Trinajstić information content (AvgIpc) is 2.91. The van der Waals surface area contributed by atoms with Crippen molar-refractivity contribution in [1.29, 1.82) is 0 Å². The van der Waals surface area contributed by atoms with Gasteiger partial charge in [0.2, 0.25) is 0 Å². The van der Waals surface area contributed by atoms with E-state index in [9.17, 15) is 0 Å². The summed E-state index contributed by atoms with van der Waals surface area (Å²) in [7, 11) is 4.26. The van der Waals surface area contributed by atoms with Crippen LogP contribution >= 0.6 is 0 Å². The fourth-order valence-electron chi connectivity index (χ4n) is 3.43. The molecule has 1 aromatic carbocycles. The first-order chi connectivity index (χ1) is 12.0. The third-order valence-corrected chi connectivity index (χ3v) is 4.84. The van der Waals surface area contributed by atoms with Crippen LogP contribution in [0.15, 0.2) is 30.6 Å². The Balaban J connectivity index is 1.66. The molecule has 136 valence electrons. The topological polar surface area (TPSA) is 33.5 Å². The van der Waals surface area contributed by atoms with Crippen LogP contribution in [0.3, 0.4) is 0 Å². The fraction of sp³-hybridized carbons (Fsp3) is 0.550. The van der Waals surface area contributed by atoms with Crippen LogP contribution in [0, 0.1) is 19.8 Å². The number of rotatable bonds is 5. The molecular formula is C20H30N4O. The van der Waals surface area contributed by atoms with E-state index in [1.54, 1.807) is 0 Å². The van der Waals surface area contributed by atoms with Crippen LogP contribution in [-0.4, -0.2) is 66.5 Å². The first-order valence-electron chi connectivity index (χ1n) is 9.07. The molecule has 0 spiro atoms. The van der Waals surface area contributed by atoms with Crippen molar-refractivity contribution >= 4 is 0 Å². The zero-order chi connectivity index (χ0) is 17.8. The first-order valence-corrected chi connectivity index (χ1v) is 9.07. The first kappa shape index (κ1) is 18.1. The molecule has 25 heavy (non-hydrogen) atoms. The summed E-state index contributed by atoms with van der Waals surface area (Å²) in [5.41, 5.74) is 4.99. The molecule has 1 unspecified atom stereocenters. The summed E-state index contributed by atoms with van der Waals surface area (Å²) in [5, 5.41) is 4.56. The fourth-order valence-corrected chi connectivity index (χ4v) is 3.43. The molecule has 1 atom stereocenters. The molecule has 5 nitrogen and oxygen atoms in total. The number of hydrogen-bond acceptors (Lipinski definition) is 4. The van der Waals surface area contributed by atoms with Crippen LogP contribution in [0.5, 0.6) is 0 Å². The number of ether oxygens (including phenoxy) is 1. The van der Waals surface area contributed by atoms with Crippen LogP contribution in [0.1, 0.15) is 16.7 Å². The van der Waals surface area contributed by atoms with Crippen molar-refractivity contribution in [3.8, 4) is 5.69 Å². The maximum Gasteiger partial charge on any atom is 0.0648 e. The lowest BCUT2D eigenvalue weighted by molar-refractivity contribution is 0.112. The van der Waals surface area contributed by atoms with E-state index < -0.39 is 0 Å². The third-order valence-electron chi connectivity index (χ3n) is 4.84. The van der Waals surface area contributed by atoms with Crippen molar-refractivity contribution in [3.05, 3.63) is 47.3 Å². The Hall–Kier alpha value is -1.69. The molecule has 0 saturated carbocycles. The van der Waals surface area contributed by atoms with Gasteiger partial charge in [0.15, 0.2) is 0 Å². The van der Waals surface area contributed by atoms with Crippen molar-refractivity contribution in [2.24, 2.45) is 5.92 Å². The number of benzene rings is 1. The Morgan fingerprint density at radius 2 is 2.08 bits per heavy atom. The van der Waals surface area contributed by atoms with E-state index in [-0.39, 0.29) is 0 Å². The van der Waals surface area contributed by atoms with Gasteiger partial charge in [0, 0.05) is 43.9 Å². The van der Waals surface area contributed by atoms with Gasteiger partial charge in [-0.25, -0.2) is 4.68 Å². The van der Waals surface area contributed by atoms with Crippen molar-refractivity contribution < 1.29 is 4.74 Å². The Kier molecular flexibility index (Phi) is 5.89. The zero-order valence-electron chi connectivity index (χ0n) is 15.9. The van der Waals surface area contributed by atoms with Crippen LogP contribution in [0.2, 0.25) is 0 Å². The van der Waals surface area contributed by atoms with Gasteiger partial charge in [0.25, 0.3) is 0 Å². The van der Waals surface area contributed by atoms with Gasteiger partial charge in [-0.1, -0.05) is 6.07 Å². The number of nitrogens with zero attached hydrogens (tertiary/aromatic N) is 4. The summed E-state index contributed by atoms with van der Waals surface area (Å²) in [6.07, 6.45) is 4.14. The van der Waals surface area contributed by atoms with E-state index in [1.807, 2.05) is 10.9 Å². The maximum absolute atomic E-state index is 5.79. The molecule has 0 N–H and O–H groups in total. The lowest BCUT2D eigenvalue weighted by atomic mass is 10.1. The van der Waals surface area contributed by atoms with Crippen LogP contribution in [-0.2, 0) is 11.3 Å². The highest BCUT2D eigenvalue weighted by molar-refractivity contribution is 5.39. The average molecular weight is 342 g/mol. The molecule has 3 rings (SSSR count). The standard InChI is InChI=1S/C20H30N4O/c1-16-5-6-20(9-17(16)2)24-14-18(10-21-24)12-23-7-8-25-15-19(13-23)11-22(3)4/h5-6,9-10,14,19H,7-8,11-13,15H2,1-4H3. The molecule has 1 aliphatic heterocycles. The highest BCUT2D eigenvalue weighted by atomic mass is 16.5. The summed E-state index contributed by atoms with van der Waals surface area (Å²) in [5.74, 6) is 0.562. The molecule has 0 aliphatic carbocycles. The van der Waals surface area contributed by atoms with Gasteiger partial charge >= 0.3 is 0 Å². The van der Waals surface area contributed by atoms with E-state index in [0.717, 1.165) is 45.1 Å². The predicted octanol–water partition coefficient (Wildman–Crippen LogP) is 2.50. The van der Waals surface area contributed by atoms with Crippen molar-refractivity contribution in [2.75, 3.05) is 46.9 Å². The summed E-state index contributed by atoms with van der Waals surface area (Å²) in [6, 6.07) is 6.48. The summed E-state index contributed by atoms with van der Waals surface area (Å²) >= 11 is 0. The number of aromatic nitrogens is 2. The number of hydrogen-bond donors (Lipinski definition) is 0. The van der Waals surface area contributed by atoms with E-state index in [4.69, 9.17) is 4.74 Å². The second-order valence-corrected chi connectivity index (χ2v) is 7.50. The molecule has 0 amide bonds. The molecule has 1 saturated heterocycles. The molecule has 0 radical (unpaired) electrons. The van der Waals surface area contributed by atoms with Gasteiger partial charge in [0.1, 0.15) is 0 Å². The van der Waals surface area contributed by atoms with E-state index in [2.05, 4.69) is 67.2 Å². The minimum Gasteiger partial charge on any atom is -0.380 e. The molecule has 2 aromatic rings. The SMILES string of the molecule is Cc1ccc(-n2cc(CN3CCOCC(CN(C)C)C3)cn2)cc1C. The second-order valence-electron chi connectivity index (χ2n) is 7.50. The van der Waals surface area contributed by atoms with Gasteiger partial charge in [-0.15, -0.1) is 0 Å². The quantitative estimate of drug-likeness (QED) is 0.836. The summed E-state index contributed by atoms with van der Waals surface area (Å²) in [6.45, 7) is 10.0. The maximum atomic E-state index is 5.79. The smallest absolute Gasteiger partial charge is 0.0648 e. The van der Waals surface area contributed by atoms with Gasteiger partial charge in [0.05, 0.1) is 25.1 Å². The van der Waals surface area contributed by atoms with Crippen LogP contribution in [0.25, 0.3) is 5.69 Å². The highest BCUT2D eigenvalue weighted by Crippen LogP contribution is 2.16. The molecule has 2 heterocycles. The minimum atomic E-state index is 0.562. The highest BCUT2D eigenvalue weighted by Gasteiger charge is 2.19. The predicted molar refractivity (Wildman–Crippen MR) is 101 cm³/mol. The Morgan fingerprint density at radius 1 is 1.24 bits per heavy atom. The lowest BCUT2D eigenvalue weighted by Crippen LogP contribution is -2.34. The molecule has 1 aromatic heterocycles. The third kappa shape index (κ3) is 4.91. The van der Waals surface area contributed by atoms with E-state index in [0.29, 0.717) is 5.92 Å². The van der Waals surface area contributed by atoms with Gasteiger partial charge in [-0.3, -0.25) is 4.90 Å². The van der Waals surface area contributed by atoms with Gasteiger partial charge < -0.3 is 9.64 Å². The Labute approximate surface area is 151 Å². The Bertz CT molecular complexity index is 695. The molecule has 1 fully saturated rings. The molecule has 5 heteroatoms. The van der Waals surface area contributed by atoms with E-state index >= 15 is 0 Å². The molecular weight excluding hydrogens is 312 g/mol. The van der Waals surface area contributed by atoms with Crippen molar-refractivity contribution in [1.82, 2.24) is 19.6 Å². The second kappa shape index (κ2) is 8.13. The normalized spacial score (nSPS) is 19.3. The summed E-state index contributed by atoms with van der Waals surface area (Å²) < 4.78 is 7.77. The van der Waals surface area contributed by atoms with Crippen molar-refractivity contribution in [3.63, 3.8) is 0 Å². The zero-order valence-corrected chi connectivity index (χ0v) is 15.9. The lowest BCUT2D eigenvalue weighted by Gasteiger charge is -2.24. The Morgan fingerprint density at radius 3 is 2.84 bits per heavy atom. The molecule has 0 bridgehead atoms. The largest absolute Gasteiger partial charge is 0.380 e. The van der Waals surface area contributed by atoms with Crippen molar-refractivity contribution in [2.45, 2.75) is 20.4 Å². The van der Waals surface area contributed by atoms with Crippen LogP contribution in [0.4, 0.5) is 0 Å². The van der Waals surface area contributed by atoms with Gasteiger partial charge in [-0.05, 0) is 51.2 Å².